The van der Waals surface area contributed by atoms with Crippen LogP contribution < -0.4 is 4.90 Å². The summed E-state index contributed by atoms with van der Waals surface area (Å²) in [5.74, 6) is 0.595. The molecule has 242 valence electrons. The summed E-state index contributed by atoms with van der Waals surface area (Å²) < 4.78 is 5.62. The third-order valence-corrected chi connectivity index (χ3v) is 11.1. The van der Waals surface area contributed by atoms with Crippen molar-refractivity contribution in [1.82, 2.24) is 0 Å². The molecule has 3 heteroatoms. The van der Waals surface area contributed by atoms with Gasteiger partial charge in [0.25, 0.3) is 0 Å². The van der Waals surface area contributed by atoms with E-state index < -0.39 is 0 Å². The number of anilines is 3. The summed E-state index contributed by atoms with van der Waals surface area (Å²) in [6.07, 6.45) is 0. The van der Waals surface area contributed by atoms with Crippen LogP contribution in [0, 0.1) is 0 Å². The molecule has 0 fully saturated rings. The molecule has 0 bridgehead atoms. The molecule has 8 rings (SSSR count). The van der Waals surface area contributed by atoms with Crippen LogP contribution in [0.1, 0.15) is 69.4 Å². The fourth-order valence-electron chi connectivity index (χ4n) is 8.53. The highest BCUT2D eigenvalue weighted by Gasteiger charge is 2.37. The van der Waals surface area contributed by atoms with E-state index in [0.29, 0.717) is 11.3 Å². The van der Waals surface area contributed by atoms with Crippen molar-refractivity contribution in [1.29, 1.82) is 0 Å². The minimum Gasteiger partial charge on any atom is -0.501 e. The number of nitrogens with zero attached hydrogens (tertiary/aromatic N) is 1. The van der Waals surface area contributed by atoms with Crippen molar-refractivity contribution in [2.45, 2.75) is 52.4 Å². The molecule has 0 saturated carbocycles. The number of hydrogen-bond acceptors (Lipinski definition) is 3. The molecule has 6 aromatic rings. The number of methoxy groups -OCH3 is 1. The van der Waals surface area contributed by atoms with Crippen molar-refractivity contribution >= 4 is 39.2 Å². The number of carbonyl (C=O) groups is 1. The Labute approximate surface area is 289 Å². The van der Waals surface area contributed by atoms with Gasteiger partial charge in [-0.25, -0.2) is 0 Å². The van der Waals surface area contributed by atoms with Crippen LogP contribution in [0.3, 0.4) is 0 Å². The summed E-state index contributed by atoms with van der Waals surface area (Å²) >= 11 is 0. The minimum atomic E-state index is -0.139. The van der Waals surface area contributed by atoms with Crippen LogP contribution in [0.15, 0.2) is 127 Å². The van der Waals surface area contributed by atoms with E-state index in [1.54, 1.807) is 14.0 Å². The molecule has 6 aromatic carbocycles. The van der Waals surface area contributed by atoms with E-state index in [-0.39, 0.29) is 16.6 Å². The van der Waals surface area contributed by atoms with E-state index in [1.807, 2.05) is 13.0 Å². The Bertz CT molecular complexity index is 2270. The van der Waals surface area contributed by atoms with Crippen molar-refractivity contribution in [3.05, 3.63) is 155 Å². The highest BCUT2D eigenvalue weighted by Crippen LogP contribution is 2.53. The van der Waals surface area contributed by atoms with Gasteiger partial charge in [0.2, 0.25) is 0 Å². The molecule has 0 amide bonds. The Kier molecular flexibility index (Phi) is 6.98. The lowest BCUT2D eigenvalue weighted by molar-refractivity contribution is -0.111. The molecule has 0 N–H and O–H groups in total. The average Bonchev–Trinajstić information content (AvgIpc) is 3.48. The molecule has 0 heterocycles. The first-order valence-corrected chi connectivity index (χ1v) is 17.1. The van der Waals surface area contributed by atoms with Crippen LogP contribution in [-0.2, 0) is 20.4 Å². The molecular formula is C46H41NO2. The molecule has 0 aromatic heterocycles. The van der Waals surface area contributed by atoms with Gasteiger partial charge in [-0.15, -0.1) is 0 Å². The summed E-state index contributed by atoms with van der Waals surface area (Å²) in [6.45, 7) is 12.8. The number of ketones is 1. The summed E-state index contributed by atoms with van der Waals surface area (Å²) in [4.78, 5) is 15.4. The largest absolute Gasteiger partial charge is 0.501 e. The third kappa shape index (κ3) is 4.52. The number of Topliss-reactive ketones (excluding diaryl/α,β-unsaturated/α-hetero) is 1. The van der Waals surface area contributed by atoms with Gasteiger partial charge in [0, 0.05) is 27.6 Å². The maximum Gasteiger partial charge on any atom is 0.163 e. The van der Waals surface area contributed by atoms with Gasteiger partial charge in [0.05, 0.1) is 18.4 Å². The molecule has 0 radical (unpaired) electrons. The van der Waals surface area contributed by atoms with Gasteiger partial charge in [0.15, 0.2) is 5.78 Å². The molecule has 0 spiro atoms. The normalized spacial score (nSPS) is 15.2. The topological polar surface area (TPSA) is 29.5 Å². The zero-order valence-corrected chi connectivity index (χ0v) is 29.3. The fraction of sp³-hybridized carbons (Fsp3) is 0.196. The zero-order chi connectivity index (χ0) is 34.2. The molecule has 0 unspecified atom stereocenters. The predicted octanol–water partition coefficient (Wildman–Crippen LogP) is 11.9. The monoisotopic (exact) mass is 639 g/mol. The van der Waals surface area contributed by atoms with Gasteiger partial charge < -0.3 is 9.64 Å². The maximum absolute atomic E-state index is 13.0. The number of allylic oxidation sites excluding steroid dienone is 2. The summed E-state index contributed by atoms with van der Waals surface area (Å²) in [7, 11) is 1.62. The van der Waals surface area contributed by atoms with Gasteiger partial charge in [-0.2, -0.15) is 0 Å². The van der Waals surface area contributed by atoms with Gasteiger partial charge >= 0.3 is 0 Å². The van der Waals surface area contributed by atoms with Crippen LogP contribution in [0.2, 0.25) is 0 Å². The van der Waals surface area contributed by atoms with Gasteiger partial charge in [-0.3, -0.25) is 4.79 Å². The molecule has 0 aliphatic heterocycles. The number of benzene rings is 6. The molecule has 2 aliphatic rings. The Morgan fingerprint density at radius 3 is 1.57 bits per heavy atom. The zero-order valence-electron chi connectivity index (χ0n) is 29.3. The molecule has 3 nitrogen and oxygen atoms in total. The molecule has 0 saturated heterocycles. The van der Waals surface area contributed by atoms with Crippen molar-refractivity contribution in [2.75, 3.05) is 12.0 Å². The fourth-order valence-corrected chi connectivity index (χ4v) is 8.53. The number of fused-ring (bicyclic) bond motifs is 7. The van der Waals surface area contributed by atoms with Crippen molar-refractivity contribution in [2.24, 2.45) is 0 Å². The first-order valence-electron chi connectivity index (χ1n) is 17.1. The van der Waals surface area contributed by atoms with Gasteiger partial charge in [0.1, 0.15) is 5.76 Å². The number of ether oxygens (including phenoxy) is 1. The van der Waals surface area contributed by atoms with Crippen LogP contribution in [0.4, 0.5) is 17.1 Å². The number of carbonyl (C=O) groups excluding carboxylic acids is 1. The van der Waals surface area contributed by atoms with E-state index >= 15 is 0 Å². The Morgan fingerprint density at radius 1 is 0.551 bits per heavy atom. The van der Waals surface area contributed by atoms with Crippen molar-refractivity contribution in [3.63, 3.8) is 0 Å². The number of hydrogen-bond donors (Lipinski definition) is 0. The van der Waals surface area contributed by atoms with E-state index in [4.69, 9.17) is 4.74 Å². The SMILES string of the molecule is CO/C(C)=C(\C(C)=O)c1cccc2c(N(c3ccc4c(c3)C(C)(C)c3ccccc3-4)c3ccc4c(c3)C(C)(C)c3ccccc3-4)cccc12. The Hall–Kier alpha value is -5.41. The van der Waals surface area contributed by atoms with E-state index in [1.165, 1.54) is 44.5 Å². The second-order valence-corrected chi connectivity index (χ2v) is 14.5. The van der Waals surface area contributed by atoms with Crippen LogP contribution in [0.25, 0.3) is 38.6 Å². The lowest BCUT2D eigenvalue weighted by Crippen LogP contribution is -2.18. The second-order valence-electron chi connectivity index (χ2n) is 14.5. The van der Waals surface area contributed by atoms with Gasteiger partial charge in [-0.1, -0.05) is 119 Å². The van der Waals surface area contributed by atoms with E-state index in [0.717, 1.165) is 33.4 Å². The Morgan fingerprint density at radius 2 is 1.04 bits per heavy atom. The highest BCUT2D eigenvalue weighted by atomic mass is 16.5. The quantitative estimate of drug-likeness (QED) is 0.134. The standard InChI is InChI=1S/C46H41NO2/c1-28(48)44(29(2)49-7)38-18-12-17-37-32(38)16-13-21-43(37)47(30-22-24-35-33-14-8-10-19-39(33)45(3,4)41(35)26-30)31-23-25-36-34-15-9-11-20-40(34)46(5,6)42(36)27-31/h8-27H,1-7H3/b44-29+. The van der Waals surface area contributed by atoms with Crippen molar-refractivity contribution < 1.29 is 9.53 Å². The van der Waals surface area contributed by atoms with Crippen LogP contribution >= 0.6 is 0 Å². The molecule has 49 heavy (non-hydrogen) atoms. The summed E-state index contributed by atoms with van der Waals surface area (Å²) in [5, 5.41) is 2.07. The molecule has 2 aliphatic carbocycles. The first kappa shape index (κ1) is 30.9. The third-order valence-electron chi connectivity index (χ3n) is 11.1. The summed E-state index contributed by atoms with van der Waals surface area (Å²) in [6, 6.07) is 44.2. The lowest BCUT2D eigenvalue weighted by Gasteiger charge is -2.30. The highest BCUT2D eigenvalue weighted by molar-refractivity contribution is 6.24. The second kappa shape index (κ2) is 11.1. The van der Waals surface area contributed by atoms with E-state index in [9.17, 15) is 4.79 Å². The summed E-state index contributed by atoms with van der Waals surface area (Å²) in [5.41, 5.74) is 15.0. The molecular weight excluding hydrogens is 599 g/mol. The predicted molar refractivity (Wildman–Crippen MR) is 204 cm³/mol. The minimum absolute atomic E-state index is 0.0186. The first-order chi connectivity index (χ1) is 23.5. The maximum atomic E-state index is 13.0. The van der Waals surface area contributed by atoms with Crippen LogP contribution in [-0.4, -0.2) is 12.9 Å². The average molecular weight is 640 g/mol. The van der Waals surface area contributed by atoms with Gasteiger partial charge in [-0.05, 0) is 99.6 Å². The van der Waals surface area contributed by atoms with E-state index in [2.05, 4.69) is 148 Å². The van der Waals surface area contributed by atoms with Crippen LogP contribution in [0.5, 0.6) is 0 Å². The van der Waals surface area contributed by atoms with Crippen molar-refractivity contribution in [3.8, 4) is 22.3 Å². The number of rotatable bonds is 6. The lowest BCUT2D eigenvalue weighted by atomic mass is 9.82. The Balaban J connectivity index is 1.39. The molecule has 0 atom stereocenters. The smallest absolute Gasteiger partial charge is 0.163 e.